The molecule has 1 saturated heterocycles. The summed E-state index contributed by atoms with van der Waals surface area (Å²) in [5.74, 6) is 0.462. The predicted molar refractivity (Wildman–Crippen MR) is 85.1 cm³/mol. The van der Waals surface area contributed by atoms with E-state index >= 15 is 0 Å². The van der Waals surface area contributed by atoms with Crippen molar-refractivity contribution in [2.75, 3.05) is 11.9 Å². The van der Waals surface area contributed by atoms with Crippen LogP contribution in [0.5, 0.6) is 5.75 Å². The molecule has 24 heavy (non-hydrogen) atoms. The summed E-state index contributed by atoms with van der Waals surface area (Å²) in [6.07, 6.45) is 1.44. The highest BCUT2D eigenvalue weighted by Crippen LogP contribution is 2.29. The number of nitrogens with zero attached hydrogens (tertiary/aromatic N) is 4. The SMILES string of the molecule is Cc1ccc(O)c(CNc2nc(F)nc3c2ncn3C2CCO2)c1. The van der Waals surface area contributed by atoms with Gasteiger partial charge in [-0.1, -0.05) is 17.7 Å². The van der Waals surface area contributed by atoms with Gasteiger partial charge in [-0.3, -0.25) is 4.57 Å². The summed E-state index contributed by atoms with van der Waals surface area (Å²) in [5, 5.41) is 12.9. The molecule has 4 rings (SSSR count). The molecule has 2 N–H and O–H groups in total. The Balaban J connectivity index is 1.66. The first-order valence-corrected chi connectivity index (χ1v) is 7.66. The number of hydrogen-bond donors (Lipinski definition) is 2. The third kappa shape index (κ3) is 2.54. The van der Waals surface area contributed by atoms with Crippen LogP contribution in [0.25, 0.3) is 11.2 Å². The van der Waals surface area contributed by atoms with Crippen LogP contribution in [0, 0.1) is 13.0 Å². The fourth-order valence-electron chi connectivity index (χ4n) is 2.70. The molecule has 2 aromatic heterocycles. The summed E-state index contributed by atoms with van der Waals surface area (Å²) in [6.45, 7) is 2.91. The Hall–Kier alpha value is -2.74. The van der Waals surface area contributed by atoms with Crippen LogP contribution in [0.3, 0.4) is 0 Å². The Bertz CT molecular complexity index is 907. The second-order valence-corrected chi connectivity index (χ2v) is 5.77. The first kappa shape index (κ1) is 14.8. The van der Waals surface area contributed by atoms with Crippen LogP contribution >= 0.6 is 0 Å². The Morgan fingerprint density at radius 3 is 3.00 bits per heavy atom. The fraction of sp³-hybridized carbons (Fsp3) is 0.312. The van der Waals surface area contributed by atoms with Crippen molar-refractivity contribution in [2.24, 2.45) is 0 Å². The predicted octanol–water partition coefficient (Wildman–Crippen LogP) is 2.51. The van der Waals surface area contributed by atoms with E-state index in [1.165, 1.54) is 0 Å². The van der Waals surface area contributed by atoms with E-state index in [-0.39, 0.29) is 17.8 Å². The van der Waals surface area contributed by atoms with E-state index in [9.17, 15) is 9.50 Å². The number of halogens is 1. The van der Waals surface area contributed by atoms with Gasteiger partial charge in [0, 0.05) is 18.5 Å². The number of aryl methyl sites for hydroxylation is 1. The molecule has 3 heterocycles. The number of phenols is 1. The molecule has 3 aromatic rings. The molecule has 1 unspecified atom stereocenters. The maximum Gasteiger partial charge on any atom is 0.312 e. The van der Waals surface area contributed by atoms with Crippen molar-refractivity contribution in [3.63, 3.8) is 0 Å². The van der Waals surface area contributed by atoms with Gasteiger partial charge < -0.3 is 15.2 Å². The molecule has 8 heteroatoms. The normalized spacial score (nSPS) is 17.0. The number of nitrogens with one attached hydrogen (secondary N) is 1. The molecular weight excluding hydrogens is 313 g/mol. The Kier molecular flexibility index (Phi) is 3.53. The number of anilines is 1. The van der Waals surface area contributed by atoms with Gasteiger partial charge in [-0.05, 0) is 13.0 Å². The summed E-state index contributed by atoms with van der Waals surface area (Å²) >= 11 is 0. The van der Waals surface area contributed by atoms with Crippen molar-refractivity contribution >= 4 is 17.0 Å². The van der Waals surface area contributed by atoms with Crippen molar-refractivity contribution in [3.8, 4) is 5.75 Å². The molecule has 1 fully saturated rings. The smallest absolute Gasteiger partial charge is 0.312 e. The lowest BCUT2D eigenvalue weighted by atomic mass is 10.1. The van der Waals surface area contributed by atoms with Crippen molar-refractivity contribution in [2.45, 2.75) is 26.1 Å². The second kappa shape index (κ2) is 5.72. The highest BCUT2D eigenvalue weighted by Gasteiger charge is 2.24. The van der Waals surface area contributed by atoms with Crippen LogP contribution in [-0.2, 0) is 11.3 Å². The van der Waals surface area contributed by atoms with E-state index in [2.05, 4.69) is 20.3 Å². The molecule has 0 radical (unpaired) electrons. The Labute approximate surface area is 137 Å². The maximum atomic E-state index is 13.8. The number of imidazole rings is 1. The first-order chi connectivity index (χ1) is 11.6. The minimum absolute atomic E-state index is 0.155. The highest BCUT2D eigenvalue weighted by atomic mass is 19.1. The van der Waals surface area contributed by atoms with Crippen LogP contribution in [0.4, 0.5) is 10.2 Å². The van der Waals surface area contributed by atoms with Crippen molar-refractivity contribution in [1.29, 1.82) is 0 Å². The van der Waals surface area contributed by atoms with Gasteiger partial charge in [0.2, 0.25) is 0 Å². The number of aromatic hydroxyl groups is 1. The van der Waals surface area contributed by atoms with Crippen LogP contribution in [0.2, 0.25) is 0 Å². The highest BCUT2D eigenvalue weighted by molar-refractivity contribution is 5.82. The third-order valence-corrected chi connectivity index (χ3v) is 4.06. The lowest BCUT2D eigenvalue weighted by Crippen LogP contribution is -2.24. The number of rotatable bonds is 4. The van der Waals surface area contributed by atoms with Crippen molar-refractivity contribution in [1.82, 2.24) is 19.5 Å². The monoisotopic (exact) mass is 329 g/mol. The van der Waals surface area contributed by atoms with Crippen LogP contribution < -0.4 is 5.32 Å². The average molecular weight is 329 g/mol. The molecule has 0 saturated carbocycles. The van der Waals surface area contributed by atoms with Crippen LogP contribution in [-0.4, -0.2) is 31.2 Å². The molecule has 1 aliphatic rings. The molecule has 1 aromatic carbocycles. The number of aromatic nitrogens is 4. The lowest BCUT2D eigenvalue weighted by Gasteiger charge is -2.27. The summed E-state index contributed by atoms with van der Waals surface area (Å²) in [7, 11) is 0. The second-order valence-electron chi connectivity index (χ2n) is 5.77. The number of benzene rings is 1. The zero-order valence-electron chi connectivity index (χ0n) is 13.0. The van der Waals surface area contributed by atoms with Gasteiger partial charge in [0.1, 0.15) is 12.0 Å². The average Bonchev–Trinajstić information content (AvgIpc) is 2.90. The number of fused-ring (bicyclic) bond motifs is 1. The largest absolute Gasteiger partial charge is 0.508 e. The van der Waals surface area contributed by atoms with E-state index < -0.39 is 6.08 Å². The zero-order valence-corrected chi connectivity index (χ0v) is 13.0. The topological polar surface area (TPSA) is 85.1 Å². The molecule has 0 spiro atoms. The Morgan fingerprint density at radius 2 is 2.25 bits per heavy atom. The van der Waals surface area contributed by atoms with E-state index in [0.29, 0.717) is 29.9 Å². The molecule has 1 atom stereocenters. The van der Waals surface area contributed by atoms with Gasteiger partial charge in [-0.2, -0.15) is 14.4 Å². The lowest BCUT2D eigenvalue weighted by molar-refractivity contribution is -0.0974. The van der Waals surface area contributed by atoms with Crippen LogP contribution in [0.1, 0.15) is 23.8 Å². The molecule has 0 amide bonds. The minimum Gasteiger partial charge on any atom is -0.508 e. The van der Waals surface area contributed by atoms with Crippen LogP contribution in [0.15, 0.2) is 24.5 Å². The van der Waals surface area contributed by atoms with Gasteiger partial charge in [-0.15, -0.1) is 0 Å². The molecule has 1 aliphatic heterocycles. The molecular formula is C16H16FN5O2. The summed E-state index contributed by atoms with van der Waals surface area (Å²) < 4.78 is 20.9. The van der Waals surface area contributed by atoms with Crippen molar-refractivity contribution in [3.05, 3.63) is 41.7 Å². The van der Waals surface area contributed by atoms with Gasteiger partial charge in [0.25, 0.3) is 0 Å². The molecule has 0 bridgehead atoms. The summed E-state index contributed by atoms with van der Waals surface area (Å²) in [5.41, 5.74) is 2.58. The summed E-state index contributed by atoms with van der Waals surface area (Å²) in [4.78, 5) is 11.9. The molecule has 124 valence electrons. The Morgan fingerprint density at radius 1 is 1.42 bits per heavy atom. The standard InChI is InChI=1S/C16H16FN5O2/c1-9-2-3-11(23)10(6-9)7-18-14-13-15(21-16(17)20-14)22(8-19-13)12-4-5-24-12/h2-3,6,8,12,23H,4-5,7H2,1H3,(H,18,20,21). The summed E-state index contributed by atoms with van der Waals surface area (Å²) in [6, 6.07) is 5.31. The van der Waals surface area contributed by atoms with Gasteiger partial charge in [0.05, 0.1) is 12.9 Å². The number of hydrogen-bond acceptors (Lipinski definition) is 6. The fourth-order valence-corrected chi connectivity index (χ4v) is 2.70. The van der Waals surface area contributed by atoms with E-state index in [1.807, 2.05) is 19.1 Å². The van der Waals surface area contributed by atoms with Crippen molar-refractivity contribution < 1.29 is 14.2 Å². The quantitative estimate of drug-likeness (QED) is 0.716. The number of ether oxygens (including phenoxy) is 1. The maximum absolute atomic E-state index is 13.8. The van der Waals surface area contributed by atoms with E-state index in [4.69, 9.17) is 4.74 Å². The first-order valence-electron chi connectivity index (χ1n) is 7.66. The zero-order chi connectivity index (χ0) is 16.7. The molecule has 0 aliphatic carbocycles. The van der Waals surface area contributed by atoms with Gasteiger partial charge in [-0.25, -0.2) is 4.98 Å². The van der Waals surface area contributed by atoms with Gasteiger partial charge >= 0.3 is 6.08 Å². The molecule has 7 nitrogen and oxygen atoms in total. The van der Waals surface area contributed by atoms with E-state index in [1.54, 1.807) is 17.0 Å². The van der Waals surface area contributed by atoms with E-state index in [0.717, 1.165) is 12.0 Å². The van der Waals surface area contributed by atoms with Gasteiger partial charge in [0.15, 0.2) is 17.0 Å². The number of phenolic OH excluding ortho intramolecular Hbond substituents is 1. The minimum atomic E-state index is -0.834. The third-order valence-electron chi connectivity index (χ3n) is 4.06.